The van der Waals surface area contributed by atoms with Crippen LogP contribution < -0.4 is 15.4 Å². The van der Waals surface area contributed by atoms with Gasteiger partial charge in [-0.05, 0) is 32.4 Å². The average molecular weight is 343 g/mol. The standard InChI is InChI=1S/C17H25N7O/c1-12-4-3-5-22(12)10-13-8-14-11-23(6-7-24(14)21-13)15-9-16(25-2)20-17(18)19-15/h8-9,12H,3-7,10-11H2,1-2H3,(H2,18,19,20). The maximum Gasteiger partial charge on any atom is 0.225 e. The molecule has 4 heterocycles. The van der Waals surface area contributed by atoms with Crippen LogP contribution in [0.1, 0.15) is 31.2 Å². The minimum atomic E-state index is 0.233. The summed E-state index contributed by atoms with van der Waals surface area (Å²) in [6, 6.07) is 4.71. The lowest BCUT2D eigenvalue weighted by atomic mass is 10.2. The molecule has 0 saturated carbocycles. The Bertz CT molecular complexity index is 759. The van der Waals surface area contributed by atoms with Crippen molar-refractivity contribution in [3.63, 3.8) is 0 Å². The van der Waals surface area contributed by atoms with Crippen LogP contribution in [0.15, 0.2) is 12.1 Å². The predicted molar refractivity (Wildman–Crippen MR) is 95.4 cm³/mol. The van der Waals surface area contributed by atoms with Crippen molar-refractivity contribution in [3.05, 3.63) is 23.5 Å². The third kappa shape index (κ3) is 3.26. The second kappa shape index (κ2) is 6.51. The number of methoxy groups -OCH3 is 1. The van der Waals surface area contributed by atoms with Gasteiger partial charge in [0.15, 0.2) is 0 Å². The predicted octanol–water partition coefficient (Wildman–Crippen LogP) is 1.27. The highest BCUT2D eigenvalue weighted by molar-refractivity contribution is 5.46. The van der Waals surface area contributed by atoms with Crippen LogP contribution in [-0.2, 0) is 19.6 Å². The Balaban J connectivity index is 1.50. The van der Waals surface area contributed by atoms with E-state index in [4.69, 9.17) is 15.6 Å². The lowest BCUT2D eigenvalue weighted by Gasteiger charge is -2.28. The van der Waals surface area contributed by atoms with E-state index >= 15 is 0 Å². The van der Waals surface area contributed by atoms with Crippen LogP contribution in [0.4, 0.5) is 11.8 Å². The van der Waals surface area contributed by atoms with E-state index in [1.165, 1.54) is 25.1 Å². The first-order chi connectivity index (χ1) is 12.1. The molecule has 8 nitrogen and oxygen atoms in total. The van der Waals surface area contributed by atoms with Gasteiger partial charge in [-0.2, -0.15) is 15.1 Å². The minimum absolute atomic E-state index is 0.233. The quantitative estimate of drug-likeness (QED) is 0.894. The number of likely N-dealkylation sites (tertiary alicyclic amines) is 1. The van der Waals surface area contributed by atoms with Crippen LogP contribution in [-0.4, -0.2) is 50.9 Å². The van der Waals surface area contributed by atoms with Crippen molar-refractivity contribution >= 4 is 11.8 Å². The van der Waals surface area contributed by atoms with Crippen molar-refractivity contribution in [2.75, 3.05) is 30.8 Å². The molecule has 25 heavy (non-hydrogen) atoms. The first-order valence-corrected chi connectivity index (χ1v) is 8.85. The van der Waals surface area contributed by atoms with E-state index in [0.29, 0.717) is 11.9 Å². The molecule has 2 aromatic heterocycles. The molecule has 2 aromatic rings. The van der Waals surface area contributed by atoms with Gasteiger partial charge >= 0.3 is 0 Å². The van der Waals surface area contributed by atoms with Gasteiger partial charge in [0.25, 0.3) is 0 Å². The number of anilines is 2. The van der Waals surface area contributed by atoms with Gasteiger partial charge in [-0.1, -0.05) is 0 Å². The number of ether oxygens (including phenoxy) is 1. The molecule has 0 radical (unpaired) electrons. The Labute approximate surface area is 147 Å². The Morgan fingerprint density at radius 2 is 2.12 bits per heavy atom. The highest BCUT2D eigenvalue weighted by atomic mass is 16.5. The third-order valence-electron chi connectivity index (χ3n) is 5.14. The minimum Gasteiger partial charge on any atom is -0.481 e. The summed E-state index contributed by atoms with van der Waals surface area (Å²) in [5, 5.41) is 4.79. The number of nitrogens with two attached hydrogens (primary N) is 1. The zero-order valence-corrected chi connectivity index (χ0v) is 14.9. The Hall–Kier alpha value is -2.35. The van der Waals surface area contributed by atoms with Gasteiger partial charge in [-0.15, -0.1) is 0 Å². The maximum atomic E-state index is 5.79. The second-order valence-corrected chi connectivity index (χ2v) is 6.86. The van der Waals surface area contributed by atoms with Crippen molar-refractivity contribution in [1.82, 2.24) is 24.6 Å². The first kappa shape index (κ1) is 16.1. The molecular weight excluding hydrogens is 318 g/mol. The summed E-state index contributed by atoms with van der Waals surface area (Å²) >= 11 is 0. The fourth-order valence-corrected chi connectivity index (χ4v) is 3.73. The molecule has 0 spiro atoms. The van der Waals surface area contributed by atoms with Crippen LogP contribution >= 0.6 is 0 Å². The summed E-state index contributed by atoms with van der Waals surface area (Å²) in [6.45, 7) is 6.87. The number of fused-ring (bicyclic) bond motifs is 1. The molecule has 1 saturated heterocycles. The molecule has 4 rings (SSSR count). The van der Waals surface area contributed by atoms with E-state index in [-0.39, 0.29) is 5.95 Å². The van der Waals surface area contributed by atoms with E-state index < -0.39 is 0 Å². The molecule has 0 aliphatic carbocycles. The maximum absolute atomic E-state index is 5.79. The molecule has 0 amide bonds. The number of hydrogen-bond donors (Lipinski definition) is 1. The second-order valence-electron chi connectivity index (χ2n) is 6.86. The summed E-state index contributed by atoms with van der Waals surface area (Å²) in [4.78, 5) is 13.1. The molecule has 0 aromatic carbocycles. The van der Waals surface area contributed by atoms with Gasteiger partial charge in [0.2, 0.25) is 11.8 Å². The summed E-state index contributed by atoms with van der Waals surface area (Å²) in [5.41, 5.74) is 8.16. The molecule has 1 fully saturated rings. The van der Waals surface area contributed by atoms with Gasteiger partial charge in [0, 0.05) is 25.2 Å². The molecule has 1 unspecified atom stereocenters. The zero-order valence-electron chi connectivity index (χ0n) is 14.9. The molecule has 134 valence electrons. The number of hydrogen-bond acceptors (Lipinski definition) is 7. The summed E-state index contributed by atoms with van der Waals surface area (Å²) in [5.74, 6) is 1.52. The first-order valence-electron chi connectivity index (χ1n) is 8.85. The lowest BCUT2D eigenvalue weighted by molar-refractivity contribution is 0.256. The van der Waals surface area contributed by atoms with Gasteiger partial charge in [0.1, 0.15) is 5.82 Å². The van der Waals surface area contributed by atoms with E-state index in [1.807, 2.05) is 6.07 Å². The summed E-state index contributed by atoms with van der Waals surface area (Å²) in [7, 11) is 1.59. The fourth-order valence-electron chi connectivity index (χ4n) is 3.73. The van der Waals surface area contributed by atoms with Crippen LogP contribution in [0.5, 0.6) is 5.88 Å². The van der Waals surface area contributed by atoms with Gasteiger partial charge in [0.05, 0.1) is 31.6 Å². The van der Waals surface area contributed by atoms with Crippen molar-refractivity contribution in [2.24, 2.45) is 0 Å². The Morgan fingerprint density at radius 1 is 1.24 bits per heavy atom. The highest BCUT2D eigenvalue weighted by Crippen LogP contribution is 2.24. The number of nitrogens with zero attached hydrogens (tertiary/aromatic N) is 6. The average Bonchev–Trinajstić information content (AvgIpc) is 3.19. The monoisotopic (exact) mass is 343 g/mol. The van der Waals surface area contributed by atoms with Crippen LogP contribution in [0.2, 0.25) is 0 Å². The number of aromatic nitrogens is 4. The largest absolute Gasteiger partial charge is 0.481 e. The van der Waals surface area contributed by atoms with Crippen molar-refractivity contribution < 1.29 is 4.74 Å². The molecule has 0 bridgehead atoms. The highest BCUT2D eigenvalue weighted by Gasteiger charge is 2.24. The zero-order chi connectivity index (χ0) is 17.4. The fraction of sp³-hybridized carbons (Fsp3) is 0.588. The Kier molecular flexibility index (Phi) is 4.20. The summed E-state index contributed by atoms with van der Waals surface area (Å²) < 4.78 is 7.32. The normalized spacial score (nSPS) is 20.7. The van der Waals surface area contributed by atoms with Crippen LogP contribution in [0.25, 0.3) is 0 Å². The molecule has 2 aliphatic rings. The van der Waals surface area contributed by atoms with Crippen molar-refractivity contribution in [2.45, 2.75) is 45.4 Å². The van der Waals surface area contributed by atoms with Crippen molar-refractivity contribution in [1.29, 1.82) is 0 Å². The molecule has 2 aliphatic heterocycles. The van der Waals surface area contributed by atoms with Gasteiger partial charge < -0.3 is 15.4 Å². The van der Waals surface area contributed by atoms with E-state index in [1.54, 1.807) is 7.11 Å². The van der Waals surface area contributed by atoms with E-state index in [9.17, 15) is 0 Å². The van der Waals surface area contributed by atoms with E-state index in [0.717, 1.165) is 37.7 Å². The lowest BCUT2D eigenvalue weighted by Crippen LogP contribution is -2.34. The molecule has 2 N–H and O–H groups in total. The van der Waals surface area contributed by atoms with Gasteiger partial charge in [-0.3, -0.25) is 9.58 Å². The van der Waals surface area contributed by atoms with Crippen LogP contribution in [0, 0.1) is 0 Å². The van der Waals surface area contributed by atoms with E-state index in [2.05, 4.69) is 37.4 Å². The van der Waals surface area contributed by atoms with Crippen molar-refractivity contribution in [3.8, 4) is 5.88 Å². The number of nitrogen functional groups attached to an aromatic ring is 1. The van der Waals surface area contributed by atoms with Gasteiger partial charge in [-0.25, -0.2) is 0 Å². The van der Waals surface area contributed by atoms with Crippen LogP contribution in [0.3, 0.4) is 0 Å². The Morgan fingerprint density at radius 3 is 2.88 bits per heavy atom. The SMILES string of the molecule is COc1cc(N2CCn3nc(CN4CCCC4C)cc3C2)nc(N)n1. The third-order valence-corrected chi connectivity index (χ3v) is 5.14. The topological polar surface area (TPSA) is 85.3 Å². The smallest absolute Gasteiger partial charge is 0.225 e. The molecule has 8 heteroatoms. The molecular formula is C17H25N7O. The summed E-state index contributed by atoms with van der Waals surface area (Å²) in [6.07, 6.45) is 2.58. The molecule has 1 atom stereocenters. The number of rotatable bonds is 4.